The summed E-state index contributed by atoms with van der Waals surface area (Å²) in [7, 11) is 1.87. The van der Waals surface area contributed by atoms with Crippen molar-refractivity contribution in [1.29, 1.82) is 0 Å². The van der Waals surface area contributed by atoms with Crippen LogP contribution < -0.4 is 20.9 Å². The zero-order valence-corrected chi connectivity index (χ0v) is 33.4. The lowest BCUT2D eigenvalue weighted by Gasteiger charge is -2.34. The number of benzene rings is 3. The van der Waals surface area contributed by atoms with E-state index in [1.807, 2.05) is 30.1 Å². The van der Waals surface area contributed by atoms with Crippen LogP contribution in [0.25, 0.3) is 11.0 Å². The number of aromatic nitrogens is 4. The second-order valence-corrected chi connectivity index (χ2v) is 16.1. The molecule has 5 aromatic rings. The predicted molar refractivity (Wildman–Crippen MR) is 222 cm³/mol. The van der Waals surface area contributed by atoms with E-state index in [2.05, 4.69) is 69.0 Å². The van der Waals surface area contributed by atoms with Crippen LogP contribution in [0.2, 0.25) is 0 Å². The number of fused-ring (bicyclic) bond motifs is 3. The van der Waals surface area contributed by atoms with Crippen LogP contribution in [0.5, 0.6) is 0 Å². The normalized spacial score (nSPS) is 18.3. The van der Waals surface area contributed by atoms with Crippen LogP contribution in [-0.4, -0.2) is 84.8 Å². The van der Waals surface area contributed by atoms with Crippen molar-refractivity contribution in [3.63, 3.8) is 0 Å². The van der Waals surface area contributed by atoms with Gasteiger partial charge in [0.2, 0.25) is 23.7 Å². The van der Waals surface area contributed by atoms with Gasteiger partial charge in [0.25, 0.3) is 11.8 Å². The molecule has 2 fully saturated rings. The average molecular weight is 795 g/mol. The molecule has 2 saturated heterocycles. The molecule has 302 valence electrons. The third-order valence-corrected chi connectivity index (χ3v) is 12.3. The Morgan fingerprint density at radius 1 is 0.864 bits per heavy atom. The van der Waals surface area contributed by atoms with Crippen molar-refractivity contribution in [2.45, 2.75) is 71.4 Å². The van der Waals surface area contributed by atoms with E-state index in [0.29, 0.717) is 42.8 Å². The topological polar surface area (TPSA) is 175 Å². The number of carbonyl (C=O) groups excluding carboxylic acids is 5. The Morgan fingerprint density at radius 2 is 1.64 bits per heavy atom. The first kappa shape index (κ1) is 37.9. The number of carbonyl (C=O) groups is 5. The number of nitrogens with one attached hydrogen (secondary N) is 3. The highest BCUT2D eigenvalue weighted by atomic mass is 16.2. The van der Waals surface area contributed by atoms with Crippen LogP contribution in [0.4, 0.5) is 28.8 Å². The van der Waals surface area contributed by atoms with Gasteiger partial charge >= 0.3 is 0 Å². The standard InChI is InChI=1S/C44H46N10O5/c1-25-5-4-6-26(2)38(25)48-39-34-23-45-44(49-40(34)51(3)50-39)46-30-9-8-28-17-20-53(24-29(28)21-30)37(56)14-7-27-15-18-52(19-16-27)31-10-11-32-33(22-31)43(59)54(42(32)58)35-12-13-36(55)47-41(35)57/h4-6,8-11,21-23,27,35H,7,12-20,24H2,1-3H3,(H,48,50)(H,45,46,49)(H,47,55,57). The molecular weight excluding hydrogens is 749 g/mol. The van der Waals surface area contributed by atoms with Crippen molar-refractivity contribution in [2.24, 2.45) is 13.0 Å². The van der Waals surface area contributed by atoms with Crippen molar-refractivity contribution in [1.82, 2.24) is 34.9 Å². The molecule has 15 nitrogen and oxygen atoms in total. The zero-order valence-electron chi connectivity index (χ0n) is 33.4. The Kier molecular flexibility index (Phi) is 9.81. The SMILES string of the molecule is Cc1cccc(C)c1Nc1nn(C)c2nc(Nc3ccc4c(c3)CN(C(=O)CCC3CCN(c5ccc6c(c5)C(=O)N(C5CCC(=O)NC5=O)C6=O)CC3)CC4)ncc12. The van der Waals surface area contributed by atoms with Gasteiger partial charge in [0, 0.05) is 69.3 Å². The summed E-state index contributed by atoms with van der Waals surface area (Å²) in [6.45, 7) is 6.92. The summed E-state index contributed by atoms with van der Waals surface area (Å²) >= 11 is 0. The second kappa shape index (κ2) is 15.3. The van der Waals surface area contributed by atoms with Gasteiger partial charge in [-0.25, -0.2) is 9.67 Å². The molecule has 2 aromatic heterocycles. The van der Waals surface area contributed by atoms with Crippen molar-refractivity contribution in [3.05, 3.63) is 94.2 Å². The first-order chi connectivity index (χ1) is 28.5. The fourth-order valence-corrected chi connectivity index (χ4v) is 8.92. The molecule has 1 unspecified atom stereocenters. The number of anilines is 5. The molecule has 4 aliphatic heterocycles. The van der Waals surface area contributed by atoms with Crippen LogP contribution in [0, 0.1) is 19.8 Å². The number of hydrogen-bond acceptors (Lipinski definition) is 11. The number of nitrogens with zero attached hydrogens (tertiary/aromatic N) is 7. The van der Waals surface area contributed by atoms with E-state index in [4.69, 9.17) is 4.98 Å². The van der Waals surface area contributed by atoms with E-state index in [-0.39, 0.29) is 29.9 Å². The second-order valence-electron chi connectivity index (χ2n) is 16.1. The molecule has 6 heterocycles. The Hall–Kier alpha value is -6.64. The third-order valence-electron chi connectivity index (χ3n) is 12.3. The van der Waals surface area contributed by atoms with E-state index < -0.39 is 29.7 Å². The van der Waals surface area contributed by atoms with E-state index in [9.17, 15) is 24.0 Å². The molecule has 0 bridgehead atoms. The zero-order chi connectivity index (χ0) is 40.9. The average Bonchev–Trinajstić information content (AvgIpc) is 3.68. The quantitative estimate of drug-likeness (QED) is 0.162. The maximum absolute atomic E-state index is 13.5. The molecule has 0 saturated carbocycles. The van der Waals surface area contributed by atoms with Gasteiger partial charge in [-0.3, -0.25) is 34.2 Å². The highest BCUT2D eigenvalue weighted by molar-refractivity contribution is 6.23. The Bertz CT molecular complexity index is 2540. The van der Waals surface area contributed by atoms with Gasteiger partial charge in [0.15, 0.2) is 11.5 Å². The van der Waals surface area contributed by atoms with Gasteiger partial charge in [0.05, 0.1) is 16.5 Å². The van der Waals surface area contributed by atoms with Gasteiger partial charge in [-0.15, -0.1) is 0 Å². The molecule has 59 heavy (non-hydrogen) atoms. The highest BCUT2D eigenvalue weighted by Crippen LogP contribution is 2.34. The minimum Gasteiger partial charge on any atom is -0.371 e. The molecule has 9 rings (SSSR count). The fraction of sp³-hybridized carbons (Fsp3) is 0.364. The van der Waals surface area contributed by atoms with Gasteiger partial charge < -0.3 is 20.4 Å². The molecule has 1 atom stereocenters. The minimum atomic E-state index is -0.988. The largest absolute Gasteiger partial charge is 0.371 e. The smallest absolute Gasteiger partial charge is 0.262 e. The summed E-state index contributed by atoms with van der Waals surface area (Å²) in [5.41, 5.74) is 8.60. The lowest BCUT2D eigenvalue weighted by atomic mass is 9.91. The maximum Gasteiger partial charge on any atom is 0.262 e. The van der Waals surface area contributed by atoms with Gasteiger partial charge in [-0.1, -0.05) is 24.3 Å². The molecular formula is C44H46N10O5. The first-order valence-electron chi connectivity index (χ1n) is 20.3. The Morgan fingerprint density at radius 3 is 2.42 bits per heavy atom. The maximum atomic E-state index is 13.5. The molecule has 3 N–H and O–H groups in total. The number of para-hydroxylation sites is 1. The molecule has 0 radical (unpaired) electrons. The molecule has 15 heteroatoms. The summed E-state index contributed by atoms with van der Waals surface area (Å²) in [6, 6.07) is 16.7. The van der Waals surface area contributed by atoms with Crippen LogP contribution in [0.3, 0.4) is 0 Å². The van der Waals surface area contributed by atoms with E-state index in [1.54, 1.807) is 23.0 Å². The molecule has 0 spiro atoms. The summed E-state index contributed by atoms with van der Waals surface area (Å²) in [4.78, 5) is 78.7. The first-order valence-corrected chi connectivity index (χ1v) is 20.3. The number of aryl methyl sites for hydroxylation is 3. The molecule has 5 amide bonds. The van der Waals surface area contributed by atoms with Crippen molar-refractivity contribution in [2.75, 3.05) is 35.2 Å². The van der Waals surface area contributed by atoms with E-state index >= 15 is 0 Å². The number of imide groups is 2. The molecule has 3 aromatic carbocycles. The monoisotopic (exact) mass is 794 g/mol. The highest BCUT2D eigenvalue weighted by Gasteiger charge is 2.45. The summed E-state index contributed by atoms with van der Waals surface area (Å²) < 4.78 is 1.75. The minimum absolute atomic E-state index is 0.0812. The van der Waals surface area contributed by atoms with Crippen LogP contribution in [0.1, 0.15) is 81.5 Å². The summed E-state index contributed by atoms with van der Waals surface area (Å²) in [5, 5.41) is 14.6. The summed E-state index contributed by atoms with van der Waals surface area (Å²) in [6.07, 6.45) is 5.91. The van der Waals surface area contributed by atoms with Crippen molar-refractivity contribution in [3.8, 4) is 0 Å². The molecule has 0 aliphatic carbocycles. The predicted octanol–water partition coefficient (Wildman–Crippen LogP) is 5.45. The fourth-order valence-electron chi connectivity index (χ4n) is 8.92. The molecule has 4 aliphatic rings. The van der Waals surface area contributed by atoms with Gasteiger partial charge in [-0.05, 0) is 104 Å². The lowest BCUT2D eigenvalue weighted by Crippen LogP contribution is -2.54. The number of rotatable bonds is 9. The number of piperidine rings is 2. The van der Waals surface area contributed by atoms with Gasteiger partial charge in [-0.2, -0.15) is 10.1 Å². The summed E-state index contributed by atoms with van der Waals surface area (Å²) in [5.74, 6) is -0.302. The lowest BCUT2D eigenvalue weighted by molar-refractivity contribution is -0.136. The third kappa shape index (κ3) is 7.25. The van der Waals surface area contributed by atoms with Crippen molar-refractivity contribution >= 4 is 69.4 Å². The number of amides is 5. The van der Waals surface area contributed by atoms with E-state index in [1.165, 1.54) is 5.56 Å². The van der Waals surface area contributed by atoms with Gasteiger partial charge in [0.1, 0.15) is 6.04 Å². The number of hydrogen-bond donors (Lipinski definition) is 3. The van der Waals surface area contributed by atoms with Crippen molar-refractivity contribution < 1.29 is 24.0 Å². The Balaban J connectivity index is 0.778. The van der Waals surface area contributed by atoms with Crippen LogP contribution in [-0.2, 0) is 34.4 Å². The van der Waals surface area contributed by atoms with E-state index in [0.717, 1.165) is 82.8 Å². The Labute approximate surface area is 341 Å². The van der Waals surface area contributed by atoms with Crippen LogP contribution in [0.15, 0.2) is 60.8 Å². The van der Waals surface area contributed by atoms with Crippen LogP contribution >= 0.6 is 0 Å².